The lowest BCUT2D eigenvalue weighted by molar-refractivity contribution is -0.123. The van der Waals surface area contributed by atoms with E-state index in [1.165, 1.54) is 18.2 Å². The highest BCUT2D eigenvalue weighted by atomic mass is 16.5. The number of amides is 1. The second kappa shape index (κ2) is 9.41. The van der Waals surface area contributed by atoms with Gasteiger partial charge in [-0.2, -0.15) is 0 Å². The van der Waals surface area contributed by atoms with Crippen LogP contribution in [0.15, 0.2) is 48.5 Å². The Morgan fingerprint density at radius 2 is 1.93 bits per heavy atom. The number of methoxy groups -OCH3 is 1. The lowest BCUT2D eigenvalue weighted by Gasteiger charge is -2.27. The van der Waals surface area contributed by atoms with E-state index >= 15 is 0 Å². The summed E-state index contributed by atoms with van der Waals surface area (Å²) in [6.45, 7) is 1.09. The topological polar surface area (TPSA) is 76.7 Å². The van der Waals surface area contributed by atoms with E-state index < -0.39 is 0 Å². The number of aryl methyl sites for hydroxylation is 1. The van der Waals surface area contributed by atoms with Crippen LogP contribution >= 0.6 is 0 Å². The summed E-state index contributed by atoms with van der Waals surface area (Å²) in [5, 5.41) is 6.52. The van der Waals surface area contributed by atoms with Gasteiger partial charge < -0.3 is 20.1 Å². The fourth-order valence-corrected chi connectivity index (χ4v) is 4.28. The van der Waals surface area contributed by atoms with Gasteiger partial charge in [0.25, 0.3) is 0 Å². The summed E-state index contributed by atoms with van der Waals surface area (Å²) in [7, 11) is 1.37. The molecule has 2 aliphatic rings. The summed E-state index contributed by atoms with van der Waals surface area (Å²) in [6, 6.07) is 15.4. The third-order valence-corrected chi connectivity index (χ3v) is 5.95. The maximum absolute atomic E-state index is 12.8. The monoisotopic (exact) mass is 408 g/mol. The predicted octanol–water partition coefficient (Wildman–Crippen LogP) is 2.91. The first kappa shape index (κ1) is 20.6. The van der Waals surface area contributed by atoms with Gasteiger partial charge in [0.2, 0.25) is 5.91 Å². The Morgan fingerprint density at radius 1 is 1.13 bits per heavy atom. The molecule has 1 saturated heterocycles. The van der Waals surface area contributed by atoms with E-state index in [2.05, 4.69) is 28.8 Å². The molecule has 6 nitrogen and oxygen atoms in total. The highest BCUT2D eigenvalue weighted by Gasteiger charge is 2.32. The third kappa shape index (κ3) is 4.71. The maximum atomic E-state index is 12.8. The summed E-state index contributed by atoms with van der Waals surface area (Å²) in [4.78, 5) is 24.3. The summed E-state index contributed by atoms with van der Waals surface area (Å²) >= 11 is 0. The minimum Gasteiger partial charge on any atom is -0.465 e. The van der Waals surface area contributed by atoms with Gasteiger partial charge in [0.05, 0.1) is 37.5 Å². The van der Waals surface area contributed by atoms with E-state index in [-0.39, 0.29) is 30.1 Å². The van der Waals surface area contributed by atoms with Crippen molar-refractivity contribution in [1.29, 1.82) is 0 Å². The summed E-state index contributed by atoms with van der Waals surface area (Å²) in [6.07, 6.45) is 3.80. The fourth-order valence-electron chi connectivity index (χ4n) is 4.28. The number of carbonyl (C=O) groups excluding carboxylic acids is 2. The number of ether oxygens (including phenoxy) is 2. The molecule has 4 rings (SSSR count). The Morgan fingerprint density at radius 3 is 2.73 bits per heavy atom. The van der Waals surface area contributed by atoms with Crippen molar-refractivity contribution in [2.24, 2.45) is 0 Å². The second-order valence-corrected chi connectivity index (χ2v) is 7.97. The number of benzene rings is 2. The van der Waals surface area contributed by atoms with Crippen molar-refractivity contribution >= 4 is 11.9 Å². The molecule has 1 amide bonds. The van der Waals surface area contributed by atoms with Crippen LogP contribution in [0, 0.1) is 0 Å². The van der Waals surface area contributed by atoms with Crippen LogP contribution in [0.1, 0.15) is 52.4 Å². The van der Waals surface area contributed by atoms with Crippen LogP contribution in [-0.4, -0.2) is 37.7 Å². The molecule has 1 heterocycles. The fraction of sp³-hybridized carbons (Fsp3) is 0.417. The van der Waals surface area contributed by atoms with Crippen molar-refractivity contribution in [3.63, 3.8) is 0 Å². The van der Waals surface area contributed by atoms with E-state index in [4.69, 9.17) is 9.47 Å². The summed E-state index contributed by atoms with van der Waals surface area (Å²) in [5.74, 6) is -0.304. The molecule has 6 heteroatoms. The van der Waals surface area contributed by atoms with Crippen LogP contribution in [0.25, 0.3) is 0 Å². The lowest BCUT2D eigenvalue weighted by Crippen LogP contribution is -2.42. The van der Waals surface area contributed by atoms with Crippen molar-refractivity contribution in [2.45, 2.75) is 50.5 Å². The summed E-state index contributed by atoms with van der Waals surface area (Å²) < 4.78 is 10.7. The molecule has 0 bridgehead atoms. The van der Waals surface area contributed by atoms with Crippen molar-refractivity contribution in [3.8, 4) is 0 Å². The van der Waals surface area contributed by atoms with E-state index in [1.54, 1.807) is 12.1 Å². The zero-order valence-corrected chi connectivity index (χ0v) is 17.2. The minimum atomic E-state index is -0.350. The van der Waals surface area contributed by atoms with Crippen LogP contribution in [-0.2, 0) is 27.3 Å². The Balaban J connectivity index is 1.26. The Kier molecular flexibility index (Phi) is 6.45. The Hall–Kier alpha value is -2.70. The van der Waals surface area contributed by atoms with Crippen molar-refractivity contribution in [3.05, 3.63) is 70.8 Å². The Bertz CT molecular complexity index is 896. The van der Waals surface area contributed by atoms with Crippen molar-refractivity contribution in [2.75, 3.05) is 13.7 Å². The normalized spacial score (nSPS) is 22.9. The van der Waals surface area contributed by atoms with E-state index in [9.17, 15) is 9.59 Å². The smallest absolute Gasteiger partial charge is 0.337 e. The van der Waals surface area contributed by atoms with Crippen LogP contribution in [0.5, 0.6) is 0 Å². The number of esters is 1. The molecule has 1 aliphatic heterocycles. The number of carbonyl (C=O) groups is 2. The van der Waals surface area contributed by atoms with E-state index in [1.807, 2.05) is 18.2 Å². The van der Waals surface area contributed by atoms with Crippen LogP contribution in [0.4, 0.5) is 0 Å². The van der Waals surface area contributed by atoms with Gasteiger partial charge in [-0.15, -0.1) is 0 Å². The zero-order chi connectivity index (χ0) is 20.9. The summed E-state index contributed by atoms with van der Waals surface area (Å²) in [5.41, 5.74) is 4.09. The van der Waals surface area contributed by atoms with Gasteiger partial charge in [0, 0.05) is 6.54 Å². The molecular formula is C24H28N2O4. The van der Waals surface area contributed by atoms with Crippen molar-refractivity contribution < 1.29 is 19.1 Å². The van der Waals surface area contributed by atoms with E-state index in [0.717, 1.165) is 24.8 Å². The number of hydrogen-bond donors (Lipinski definition) is 2. The quantitative estimate of drug-likeness (QED) is 0.719. The SMILES string of the molecule is COC(=O)c1ccc(CO[C@@H]2CN[C@H](C(=O)N[C@@H]3CCCc4ccccc43)C2)cc1. The highest BCUT2D eigenvalue weighted by Crippen LogP contribution is 2.29. The average molecular weight is 408 g/mol. The minimum absolute atomic E-state index is 0.0142. The number of hydrogen-bond acceptors (Lipinski definition) is 5. The molecule has 0 spiro atoms. The molecule has 0 saturated carbocycles. The first-order valence-electron chi connectivity index (χ1n) is 10.5. The van der Waals surface area contributed by atoms with Crippen LogP contribution in [0.2, 0.25) is 0 Å². The van der Waals surface area contributed by atoms with E-state index in [0.29, 0.717) is 25.1 Å². The van der Waals surface area contributed by atoms with Crippen LogP contribution < -0.4 is 10.6 Å². The molecular weight excluding hydrogens is 380 g/mol. The molecule has 30 heavy (non-hydrogen) atoms. The van der Waals surface area contributed by atoms with Gasteiger partial charge in [-0.25, -0.2) is 4.79 Å². The number of nitrogens with one attached hydrogen (secondary N) is 2. The molecule has 0 aromatic heterocycles. The molecule has 1 fully saturated rings. The van der Waals surface area contributed by atoms with Gasteiger partial charge in [-0.1, -0.05) is 36.4 Å². The molecule has 2 aromatic rings. The molecule has 3 atom stereocenters. The van der Waals surface area contributed by atoms with Gasteiger partial charge >= 0.3 is 5.97 Å². The average Bonchev–Trinajstić information content (AvgIpc) is 3.27. The first-order valence-corrected chi connectivity index (χ1v) is 10.5. The van der Waals surface area contributed by atoms with Gasteiger partial charge in [-0.05, 0) is 54.5 Å². The van der Waals surface area contributed by atoms with Crippen molar-refractivity contribution in [1.82, 2.24) is 10.6 Å². The van der Waals surface area contributed by atoms with Gasteiger partial charge in [0.15, 0.2) is 0 Å². The predicted molar refractivity (Wildman–Crippen MR) is 113 cm³/mol. The second-order valence-electron chi connectivity index (χ2n) is 7.97. The lowest BCUT2D eigenvalue weighted by atomic mass is 9.87. The Labute approximate surface area is 177 Å². The molecule has 1 aliphatic carbocycles. The third-order valence-electron chi connectivity index (χ3n) is 5.95. The number of rotatable bonds is 6. The van der Waals surface area contributed by atoms with Crippen LogP contribution in [0.3, 0.4) is 0 Å². The maximum Gasteiger partial charge on any atom is 0.337 e. The highest BCUT2D eigenvalue weighted by molar-refractivity contribution is 5.89. The first-order chi connectivity index (χ1) is 14.6. The molecule has 0 radical (unpaired) electrons. The molecule has 158 valence electrons. The van der Waals surface area contributed by atoms with Gasteiger partial charge in [0.1, 0.15) is 0 Å². The molecule has 0 unspecified atom stereocenters. The number of fused-ring (bicyclic) bond motifs is 1. The largest absolute Gasteiger partial charge is 0.465 e. The van der Waals surface area contributed by atoms with Gasteiger partial charge in [-0.3, -0.25) is 4.79 Å². The molecule has 2 N–H and O–H groups in total. The zero-order valence-electron chi connectivity index (χ0n) is 17.2. The standard InChI is InChI=1S/C24H28N2O4/c1-29-24(28)18-11-9-16(10-12-18)15-30-19-13-22(25-14-19)23(27)26-21-8-4-6-17-5-2-3-7-20(17)21/h2-3,5,7,9-12,19,21-22,25H,4,6,8,13-15H2,1H3,(H,26,27)/t19-,21+,22-/m0/s1. The molecule has 2 aromatic carbocycles.